The van der Waals surface area contributed by atoms with Gasteiger partial charge in [0.05, 0.1) is 17.1 Å². The third kappa shape index (κ3) is 3.09. The fraction of sp³-hybridized carbons (Fsp3) is 0.526. The van der Waals surface area contributed by atoms with Gasteiger partial charge in [-0.3, -0.25) is 4.90 Å². The molecule has 0 radical (unpaired) electrons. The van der Waals surface area contributed by atoms with Crippen LogP contribution in [0.4, 0.5) is 0 Å². The number of benzene rings is 1. The molecule has 0 bridgehead atoms. The molecule has 1 saturated heterocycles. The van der Waals surface area contributed by atoms with Crippen molar-refractivity contribution in [3.8, 4) is 0 Å². The van der Waals surface area contributed by atoms with Crippen LogP contribution in [0.25, 0.3) is 11.0 Å². The van der Waals surface area contributed by atoms with Crippen molar-refractivity contribution in [2.24, 2.45) is 0 Å². The fourth-order valence-electron chi connectivity index (χ4n) is 3.49. The van der Waals surface area contributed by atoms with Gasteiger partial charge in [-0.1, -0.05) is 37.1 Å². The molecule has 1 unspecified atom stereocenters. The number of hydrogen-bond donors (Lipinski definition) is 0. The number of nitrogens with zero attached hydrogens (tertiary/aromatic N) is 3. The molecule has 0 amide bonds. The third-order valence-corrected chi connectivity index (χ3v) is 4.67. The predicted molar refractivity (Wildman–Crippen MR) is 93.0 cm³/mol. The highest BCUT2D eigenvalue weighted by molar-refractivity contribution is 5.76. The molecule has 1 aromatic carbocycles. The molecule has 3 heteroatoms. The van der Waals surface area contributed by atoms with E-state index in [1.807, 2.05) is 0 Å². The quantitative estimate of drug-likeness (QED) is 0.772. The van der Waals surface area contributed by atoms with Gasteiger partial charge in [-0.05, 0) is 51.9 Å². The van der Waals surface area contributed by atoms with Crippen molar-refractivity contribution in [2.75, 3.05) is 13.1 Å². The van der Waals surface area contributed by atoms with E-state index in [0.29, 0.717) is 6.04 Å². The van der Waals surface area contributed by atoms with Gasteiger partial charge in [-0.25, -0.2) is 4.98 Å². The first-order chi connectivity index (χ1) is 10.7. The van der Waals surface area contributed by atoms with Crippen LogP contribution in [0.1, 0.15) is 51.4 Å². The molecule has 3 nitrogen and oxygen atoms in total. The molecule has 2 heterocycles. The molecule has 0 saturated carbocycles. The molecule has 22 heavy (non-hydrogen) atoms. The Kier molecular flexibility index (Phi) is 4.63. The molecule has 0 aliphatic carbocycles. The number of likely N-dealkylation sites (tertiary alicyclic amines) is 1. The van der Waals surface area contributed by atoms with Gasteiger partial charge in [0.15, 0.2) is 0 Å². The highest BCUT2D eigenvalue weighted by Crippen LogP contribution is 2.27. The molecule has 118 valence electrons. The summed E-state index contributed by atoms with van der Waals surface area (Å²) >= 11 is 0. The smallest absolute Gasteiger partial charge is 0.127 e. The van der Waals surface area contributed by atoms with Gasteiger partial charge < -0.3 is 4.57 Å². The zero-order valence-corrected chi connectivity index (χ0v) is 13.9. The zero-order chi connectivity index (χ0) is 15.5. The van der Waals surface area contributed by atoms with E-state index in [0.717, 1.165) is 12.1 Å². The lowest BCUT2D eigenvalue weighted by Gasteiger charge is -2.27. The van der Waals surface area contributed by atoms with E-state index in [1.54, 1.807) is 0 Å². The largest absolute Gasteiger partial charge is 0.323 e. The highest BCUT2D eigenvalue weighted by Gasteiger charge is 2.23. The van der Waals surface area contributed by atoms with E-state index in [1.165, 1.54) is 55.7 Å². The summed E-state index contributed by atoms with van der Waals surface area (Å²) in [6.07, 6.45) is 5.35. The van der Waals surface area contributed by atoms with Gasteiger partial charge in [0, 0.05) is 6.54 Å². The number of imidazole rings is 1. The van der Waals surface area contributed by atoms with Crippen LogP contribution in [0.15, 0.2) is 36.4 Å². The Hall–Kier alpha value is -1.61. The lowest BCUT2D eigenvalue weighted by atomic mass is 10.2. The second kappa shape index (κ2) is 6.66. The minimum atomic E-state index is 0.366. The molecule has 0 spiro atoms. The molecule has 1 aliphatic heterocycles. The van der Waals surface area contributed by atoms with Crippen molar-refractivity contribution in [3.63, 3.8) is 0 Å². The summed E-state index contributed by atoms with van der Waals surface area (Å²) in [5.74, 6) is 1.19. The van der Waals surface area contributed by atoms with Crippen LogP contribution >= 0.6 is 0 Å². The normalized spacial score (nSPS) is 18.3. The number of fused-ring (bicyclic) bond motifs is 1. The first-order valence-electron chi connectivity index (χ1n) is 8.50. The standard InChI is InChI=1S/C19H27N3/c1-15(2)14-22-18-11-7-6-10-17(18)20-19(22)16(3)21-12-8-4-5-9-13-21/h6-7,10-11,16H,1,4-5,8-9,12-14H2,2-3H3. The lowest BCUT2D eigenvalue weighted by Crippen LogP contribution is -2.30. The van der Waals surface area contributed by atoms with E-state index in [9.17, 15) is 0 Å². The summed E-state index contributed by atoms with van der Waals surface area (Å²) in [7, 11) is 0. The van der Waals surface area contributed by atoms with Crippen LogP contribution in [0, 0.1) is 0 Å². The Morgan fingerprint density at radius 3 is 2.55 bits per heavy atom. The monoisotopic (exact) mass is 297 g/mol. The molecule has 2 aromatic rings. The summed E-state index contributed by atoms with van der Waals surface area (Å²) in [5, 5.41) is 0. The van der Waals surface area contributed by atoms with Crippen LogP contribution in [0.5, 0.6) is 0 Å². The van der Waals surface area contributed by atoms with Gasteiger partial charge in [0.1, 0.15) is 5.82 Å². The Bertz CT molecular complexity index is 648. The van der Waals surface area contributed by atoms with Crippen LogP contribution in [0.3, 0.4) is 0 Å². The van der Waals surface area contributed by atoms with Gasteiger partial charge in [0.2, 0.25) is 0 Å². The van der Waals surface area contributed by atoms with Crippen molar-refractivity contribution >= 4 is 11.0 Å². The summed E-state index contributed by atoms with van der Waals surface area (Å²) < 4.78 is 2.35. The van der Waals surface area contributed by atoms with Crippen molar-refractivity contribution in [1.29, 1.82) is 0 Å². The highest BCUT2D eigenvalue weighted by atomic mass is 15.2. The molecule has 1 aliphatic rings. The zero-order valence-electron chi connectivity index (χ0n) is 13.9. The van der Waals surface area contributed by atoms with Crippen LogP contribution < -0.4 is 0 Å². The SMILES string of the molecule is C=C(C)Cn1c(C(C)N2CCCCCC2)nc2ccccc21. The maximum absolute atomic E-state index is 4.95. The Morgan fingerprint density at radius 1 is 1.18 bits per heavy atom. The van der Waals surface area contributed by atoms with Crippen LogP contribution in [0.2, 0.25) is 0 Å². The number of para-hydroxylation sites is 2. The third-order valence-electron chi connectivity index (χ3n) is 4.67. The fourth-order valence-corrected chi connectivity index (χ4v) is 3.49. The first-order valence-corrected chi connectivity index (χ1v) is 8.50. The average Bonchev–Trinajstić information content (AvgIpc) is 2.70. The molecule has 1 atom stereocenters. The first kappa shape index (κ1) is 15.3. The predicted octanol–water partition coefficient (Wildman–Crippen LogP) is 4.55. The van der Waals surface area contributed by atoms with Crippen molar-refractivity contribution < 1.29 is 0 Å². The molecular formula is C19H27N3. The van der Waals surface area contributed by atoms with Crippen molar-refractivity contribution in [3.05, 3.63) is 42.2 Å². The molecule has 1 fully saturated rings. The van der Waals surface area contributed by atoms with E-state index >= 15 is 0 Å². The van der Waals surface area contributed by atoms with E-state index in [2.05, 4.69) is 54.2 Å². The maximum Gasteiger partial charge on any atom is 0.127 e. The summed E-state index contributed by atoms with van der Waals surface area (Å²) in [6.45, 7) is 11.7. The average molecular weight is 297 g/mol. The lowest BCUT2D eigenvalue weighted by molar-refractivity contribution is 0.208. The van der Waals surface area contributed by atoms with E-state index in [-0.39, 0.29) is 0 Å². The second-order valence-electron chi connectivity index (χ2n) is 6.63. The number of rotatable bonds is 4. The Labute approximate surface area is 133 Å². The van der Waals surface area contributed by atoms with E-state index < -0.39 is 0 Å². The summed E-state index contributed by atoms with van der Waals surface area (Å²) in [5.41, 5.74) is 3.50. The summed E-state index contributed by atoms with van der Waals surface area (Å²) in [6, 6.07) is 8.82. The molecule has 0 N–H and O–H groups in total. The van der Waals surface area contributed by atoms with Gasteiger partial charge in [-0.15, -0.1) is 0 Å². The topological polar surface area (TPSA) is 21.1 Å². The minimum Gasteiger partial charge on any atom is -0.323 e. The number of aromatic nitrogens is 2. The van der Waals surface area contributed by atoms with Crippen LogP contribution in [-0.4, -0.2) is 27.5 Å². The molecule has 3 rings (SSSR count). The molecule has 1 aromatic heterocycles. The van der Waals surface area contributed by atoms with Crippen molar-refractivity contribution in [2.45, 2.75) is 52.1 Å². The molecular weight excluding hydrogens is 270 g/mol. The number of hydrogen-bond acceptors (Lipinski definition) is 2. The van der Waals surface area contributed by atoms with Gasteiger partial charge in [0.25, 0.3) is 0 Å². The van der Waals surface area contributed by atoms with Crippen molar-refractivity contribution in [1.82, 2.24) is 14.5 Å². The van der Waals surface area contributed by atoms with Crippen LogP contribution in [-0.2, 0) is 6.54 Å². The Balaban J connectivity index is 1.98. The van der Waals surface area contributed by atoms with Gasteiger partial charge >= 0.3 is 0 Å². The minimum absolute atomic E-state index is 0.366. The summed E-state index contributed by atoms with van der Waals surface area (Å²) in [4.78, 5) is 7.55. The van der Waals surface area contributed by atoms with Gasteiger partial charge in [-0.2, -0.15) is 0 Å². The maximum atomic E-state index is 4.95. The Morgan fingerprint density at radius 2 is 1.86 bits per heavy atom. The van der Waals surface area contributed by atoms with E-state index in [4.69, 9.17) is 4.98 Å². The second-order valence-corrected chi connectivity index (χ2v) is 6.63. The number of allylic oxidation sites excluding steroid dienone is 1.